The monoisotopic (exact) mass is 414 g/mol. The molecule has 0 radical (unpaired) electrons. The van der Waals surface area contributed by atoms with Crippen molar-refractivity contribution in [3.63, 3.8) is 0 Å². The Bertz CT molecular complexity index is 828. The van der Waals surface area contributed by atoms with Gasteiger partial charge in [0.05, 0.1) is 5.69 Å². The van der Waals surface area contributed by atoms with Crippen LogP contribution in [-0.2, 0) is 6.18 Å². The SMILES string of the molecule is CN1CCN(CCCNC(=O)c2nnn(-c3ccc(F)cc3)c2C(F)(F)F)CC1. The van der Waals surface area contributed by atoms with Crippen LogP contribution in [0, 0.1) is 5.82 Å². The van der Waals surface area contributed by atoms with Gasteiger partial charge in [-0.3, -0.25) is 4.79 Å². The number of aromatic nitrogens is 3. The number of halogens is 4. The van der Waals surface area contributed by atoms with E-state index in [-0.39, 0.29) is 12.2 Å². The minimum absolute atomic E-state index is 0.0414. The van der Waals surface area contributed by atoms with Crippen LogP contribution >= 0.6 is 0 Å². The second-order valence-corrected chi connectivity index (χ2v) is 6.93. The van der Waals surface area contributed by atoms with Gasteiger partial charge in [-0.05, 0) is 44.3 Å². The molecule has 1 aliphatic heterocycles. The molecule has 1 N–H and O–H groups in total. The fourth-order valence-corrected chi connectivity index (χ4v) is 3.11. The van der Waals surface area contributed by atoms with Crippen molar-refractivity contribution in [3.8, 4) is 5.69 Å². The molecule has 11 heteroatoms. The fourth-order valence-electron chi connectivity index (χ4n) is 3.11. The summed E-state index contributed by atoms with van der Waals surface area (Å²) in [5.74, 6) is -1.54. The Labute approximate surface area is 165 Å². The number of hydrogen-bond acceptors (Lipinski definition) is 5. The molecule has 0 atom stereocenters. The quantitative estimate of drug-likeness (QED) is 0.577. The highest BCUT2D eigenvalue weighted by Crippen LogP contribution is 2.32. The lowest BCUT2D eigenvalue weighted by atomic mass is 10.2. The Morgan fingerprint density at radius 1 is 1.14 bits per heavy atom. The summed E-state index contributed by atoms with van der Waals surface area (Å²) in [5, 5.41) is 9.37. The Hall–Kier alpha value is -2.53. The van der Waals surface area contributed by atoms with E-state index in [0.717, 1.165) is 57.0 Å². The van der Waals surface area contributed by atoms with Crippen LogP contribution in [0.3, 0.4) is 0 Å². The average Bonchev–Trinajstić information content (AvgIpc) is 3.13. The normalized spacial score (nSPS) is 16.2. The third-order valence-corrected chi connectivity index (χ3v) is 4.76. The number of amides is 1. The summed E-state index contributed by atoms with van der Waals surface area (Å²) < 4.78 is 54.3. The van der Waals surface area contributed by atoms with Crippen molar-refractivity contribution in [1.82, 2.24) is 30.1 Å². The maximum absolute atomic E-state index is 13.6. The average molecular weight is 414 g/mol. The van der Waals surface area contributed by atoms with Crippen molar-refractivity contribution in [1.29, 1.82) is 0 Å². The molecule has 1 fully saturated rings. The van der Waals surface area contributed by atoms with Crippen molar-refractivity contribution < 1.29 is 22.4 Å². The zero-order valence-electron chi connectivity index (χ0n) is 15.9. The predicted octanol–water partition coefficient (Wildman–Crippen LogP) is 1.79. The number of nitrogens with zero attached hydrogens (tertiary/aromatic N) is 5. The second kappa shape index (κ2) is 8.87. The van der Waals surface area contributed by atoms with E-state index in [1.807, 2.05) is 0 Å². The van der Waals surface area contributed by atoms with Gasteiger partial charge in [-0.2, -0.15) is 13.2 Å². The van der Waals surface area contributed by atoms with Gasteiger partial charge in [0.2, 0.25) is 0 Å². The molecule has 2 heterocycles. The molecule has 0 saturated carbocycles. The van der Waals surface area contributed by atoms with E-state index in [4.69, 9.17) is 0 Å². The van der Waals surface area contributed by atoms with Crippen molar-refractivity contribution in [2.75, 3.05) is 46.3 Å². The molecule has 1 aliphatic rings. The molecule has 0 bridgehead atoms. The number of carbonyl (C=O) groups is 1. The largest absolute Gasteiger partial charge is 0.435 e. The van der Waals surface area contributed by atoms with E-state index in [2.05, 4.69) is 32.5 Å². The van der Waals surface area contributed by atoms with Crippen LogP contribution in [0.1, 0.15) is 22.6 Å². The third kappa shape index (κ3) is 5.30. The molecule has 1 aromatic carbocycles. The first-order valence-corrected chi connectivity index (χ1v) is 9.23. The van der Waals surface area contributed by atoms with E-state index in [9.17, 15) is 22.4 Å². The van der Waals surface area contributed by atoms with E-state index < -0.39 is 29.3 Å². The topological polar surface area (TPSA) is 66.3 Å². The van der Waals surface area contributed by atoms with Crippen molar-refractivity contribution >= 4 is 5.91 Å². The van der Waals surface area contributed by atoms with Gasteiger partial charge >= 0.3 is 6.18 Å². The Morgan fingerprint density at radius 2 is 1.79 bits per heavy atom. The van der Waals surface area contributed by atoms with Crippen LogP contribution in [0.4, 0.5) is 17.6 Å². The maximum Gasteiger partial charge on any atom is 0.435 e. The minimum Gasteiger partial charge on any atom is -0.351 e. The number of hydrogen-bond donors (Lipinski definition) is 1. The van der Waals surface area contributed by atoms with Gasteiger partial charge in [0.15, 0.2) is 11.4 Å². The summed E-state index contributed by atoms with van der Waals surface area (Å²) >= 11 is 0. The molecule has 2 aromatic rings. The lowest BCUT2D eigenvalue weighted by Crippen LogP contribution is -2.45. The van der Waals surface area contributed by atoms with Crippen LogP contribution in [0.5, 0.6) is 0 Å². The predicted molar refractivity (Wildman–Crippen MR) is 97.2 cm³/mol. The highest BCUT2D eigenvalue weighted by Gasteiger charge is 2.42. The van der Waals surface area contributed by atoms with E-state index in [1.165, 1.54) is 0 Å². The number of piperazine rings is 1. The van der Waals surface area contributed by atoms with Gasteiger partial charge in [0.25, 0.3) is 5.91 Å². The fraction of sp³-hybridized carbons (Fsp3) is 0.500. The van der Waals surface area contributed by atoms with Gasteiger partial charge in [-0.25, -0.2) is 9.07 Å². The van der Waals surface area contributed by atoms with Gasteiger partial charge < -0.3 is 15.1 Å². The van der Waals surface area contributed by atoms with Crippen LogP contribution in [-0.4, -0.2) is 77.0 Å². The number of likely N-dealkylation sites (N-methyl/N-ethyl adjacent to an activating group) is 1. The highest BCUT2D eigenvalue weighted by atomic mass is 19.4. The number of rotatable bonds is 6. The minimum atomic E-state index is -4.86. The van der Waals surface area contributed by atoms with Gasteiger partial charge in [-0.1, -0.05) is 5.21 Å². The summed E-state index contributed by atoms with van der Waals surface area (Å²) in [7, 11) is 2.05. The Kier molecular flexibility index (Phi) is 6.48. The van der Waals surface area contributed by atoms with Gasteiger partial charge in [-0.15, -0.1) is 5.10 Å². The Morgan fingerprint density at radius 3 is 2.41 bits per heavy atom. The summed E-state index contributed by atoms with van der Waals surface area (Å²) in [5.41, 5.74) is -2.14. The maximum atomic E-state index is 13.6. The molecule has 29 heavy (non-hydrogen) atoms. The van der Waals surface area contributed by atoms with Crippen molar-refractivity contribution in [2.45, 2.75) is 12.6 Å². The first-order valence-electron chi connectivity index (χ1n) is 9.23. The number of nitrogens with one attached hydrogen (secondary N) is 1. The standard InChI is InChI=1S/C18H22F4N6O/c1-26-9-11-27(12-10-26)8-2-7-23-17(29)15-16(18(20,21)22)28(25-24-15)14-5-3-13(19)4-6-14/h3-6H,2,7-12H2,1H3,(H,23,29). The molecule has 0 unspecified atom stereocenters. The van der Waals surface area contributed by atoms with Crippen molar-refractivity contribution in [3.05, 3.63) is 41.5 Å². The molecule has 7 nitrogen and oxygen atoms in total. The zero-order chi connectivity index (χ0) is 21.0. The molecular formula is C18H22F4N6O. The van der Waals surface area contributed by atoms with Crippen LogP contribution in [0.15, 0.2) is 24.3 Å². The molecule has 158 valence electrons. The van der Waals surface area contributed by atoms with E-state index >= 15 is 0 Å². The number of carbonyl (C=O) groups excluding carboxylic acids is 1. The van der Waals surface area contributed by atoms with E-state index in [0.29, 0.717) is 11.1 Å². The number of alkyl halides is 3. The summed E-state index contributed by atoms with van der Waals surface area (Å²) in [6.45, 7) is 4.76. The molecule has 1 aromatic heterocycles. The molecule has 1 amide bonds. The summed E-state index contributed by atoms with van der Waals surface area (Å²) in [6, 6.07) is 4.29. The molecule has 3 rings (SSSR count). The van der Waals surface area contributed by atoms with Crippen molar-refractivity contribution in [2.24, 2.45) is 0 Å². The van der Waals surface area contributed by atoms with E-state index in [1.54, 1.807) is 0 Å². The lowest BCUT2D eigenvalue weighted by Gasteiger charge is -2.32. The van der Waals surface area contributed by atoms with Gasteiger partial charge in [0, 0.05) is 32.7 Å². The van der Waals surface area contributed by atoms with Crippen LogP contribution in [0.25, 0.3) is 5.69 Å². The molecular weight excluding hydrogens is 392 g/mol. The Balaban J connectivity index is 1.65. The second-order valence-electron chi connectivity index (χ2n) is 6.93. The van der Waals surface area contributed by atoms with Crippen LogP contribution < -0.4 is 5.32 Å². The zero-order valence-corrected chi connectivity index (χ0v) is 15.9. The molecule has 0 spiro atoms. The number of benzene rings is 1. The van der Waals surface area contributed by atoms with Crippen LogP contribution in [0.2, 0.25) is 0 Å². The van der Waals surface area contributed by atoms with Gasteiger partial charge in [0.1, 0.15) is 5.82 Å². The third-order valence-electron chi connectivity index (χ3n) is 4.76. The summed E-state index contributed by atoms with van der Waals surface area (Å²) in [4.78, 5) is 16.8. The molecule has 1 saturated heterocycles. The first kappa shape index (κ1) is 21.2. The first-order chi connectivity index (χ1) is 13.8. The highest BCUT2D eigenvalue weighted by molar-refractivity contribution is 5.93. The summed E-state index contributed by atoms with van der Waals surface area (Å²) in [6.07, 6.45) is -4.24. The smallest absolute Gasteiger partial charge is 0.351 e. The molecule has 0 aliphatic carbocycles. The lowest BCUT2D eigenvalue weighted by molar-refractivity contribution is -0.143.